The molecule has 2 aromatic rings. The van der Waals surface area contributed by atoms with Gasteiger partial charge in [-0.25, -0.2) is 0 Å². The Balaban J connectivity index is 2.20. The molecule has 100 valence electrons. The molecule has 0 aliphatic heterocycles. The van der Waals surface area contributed by atoms with Crippen molar-refractivity contribution in [1.82, 2.24) is 0 Å². The SMILES string of the molecule is CCC1=c2ccc3c(c2CCC1)CC=c1ccccc1=3. The summed E-state index contributed by atoms with van der Waals surface area (Å²) in [5, 5.41) is 5.85. The molecule has 0 bridgehead atoms. The predicted octanol–water partition coefficient (Wildman–Crippen LogP) is 3.21. The molecule has 0 heterocycles. The third-order valence-electron chi connectivity index (χ3n) is 4.92. The zero-order valence-electron chi connectivity index (χ0n) is 12.1. The van der Waals surface area contributed by atoms with E-state index in [0.717, 1.165) is 6.42 Å². The molecule has 0 unspecified atom stereocenters. The molecule has 0 N–H and O–H groups in total. The van der Waals surface area contributed by atoms with Crippen molar-refractivity contribution in [2.24, 2.45) is 0 Å². The highest BCUT2D eigenvalue weighted by molar-refractivity contribution is 5.53. The molecule has 4 rings (SSSR count). The predicted molar refractivity (Wildman–Crippen MR) is 84.6 cm³/mol. The van der Waals surface area contributed by atoms with E-state index in [1.165, 1.54) is 41.3 Å². The van der Waals surface area contributed by atoms with E-state index in [0.29, 0.717) is 0 Å². The Labute approximate surface area is 119 Å². The molecule has 0 nitrogen and oxygen atoms in total. The van der Waals surface area contributed by atoms with Crippen LogP contribution in [-0.4, -0.2) is 0 Å². The number of hydrogen-bond acceptors (Lipinski definition) is 0. The largest absolute Gasteiger partial charge is 0.0722 e. The zero-order valence-corrected chi connectivity index (χ0v) is 12.1. The normalized spacial score (nSPS) is 15.9. The van der Waals surface area contributed by atoms with Gasteiger partial charge in [0, 0.05) is 0 Å². The Morgan fingerprint density at radius 3 is 2.60 bits per heavy atom. The molecule has 0 spiro atoms. The maximum absolute atomic E-state index is 2.40. The molecule has 0 heteroatoms. The monoisotopic (exact) mass is 260 g/mol. The second-order valence-electron chi connectivity index (χ2n) is 5.92. The highest BCUT2D eigenvalue weighted by atomic mass is 14.2. The fourth-order valence-corrected chi connectivity index (χ4v) is 3.91. The highest BCUT2D eigenvalue weighted by Gasteiger charge is 2.14. The first-order valence-corrected chi connectivity index (χ1v) is 7.81. The second-order valence-corrected chi connectivity index (χ2v) is 5.92. The number of rotatable bonds is 1. The summed E-state index contributed by atoms with van der Waals surface area (Å²) in [6, 6.07) is 13.5. The molecular weight excluding hydrogens is 240 g/mol. The van der Waals surface area contributed by atoms with E-state index in [-0.39, 0.29) is 0 Å². The lowest BCUT2D eigenvalue weighted by atomic mass is 9.85. The van der Waals surface area contributed by atoms with Gasteiger partial charge in [0.2, 0.25) is 0 Å². The molecule has 2 aliphatic carbocycles. The lowest BCUT2D eigenvalue weighted by molar-refractivity contribution is 0.791. The third-order valence-corrected chi connectivity index (χ3v) is 4.92. The van der Waals surface area contributed by atoms with E-state index < -0.39 is 0 Å². The number of fused-ring (bicyclic) bond motifs is 4. The molecule has 0 saturated carbocycles. The van der Waals surface area contributed by atoms with Crippen LogP contribution in [0.25, 0.3) is 11.6 Å². The van der Waals surface area contributed by atoms with E-state index in [1.54, 1.807) is 21.9 Å². The smallest absolute Gasteiger partial charge is 0.00791 e. The number of hydrogen-bond donors (Lipinski definition) is 0. The Morgan fingerprint density at radius 2 is 1.70 bits per heavy atom. The number of benzene rings is 2. The summed E-state index contributed by atoms with van der Waals surface area (Å²) in [4.78, 5) is 0. The van der Waals surface area contributed by atoms with Gasteiger partial charge in [0.15, 0.2) is 0 Å². The molecule has 0 aromatic heterocycles. The molecule has 2 aromatic carbocycles. The van der Waals surface area contributed by atoms with Gasteiger partial charge in [-0.2, -0.15) is 0 Å². The summed E-state index contributed by atoms with van der Waals surface area (Å²) in [5.41, 5.74) is 4.89. The van der Waals surface area contributed by atoms with Crippen LogP contribution in [0.1, 0.15) is 37.3 Å². The van der Waals surface area contributed by atoms with Gasteiger partial charge in [-0.1, -0.05) is 55.0 Å². The van der Waals surface area contributed by atoms with Gasteiger partial charge >= 0.3 is 0 Å². The second kappa shape index (κ2) is 4.63. The van der Waals surface area contributed by atoms with E-state index in [1.807, 2.05) is 0 Å². The fourth-order valence-electron chi connectivity index (χ4n) is 3.91. The van der Waals surface area contributed by atoms with Crippen LogP contribution >= 0.6 is 0 Å². The minimum atomic E-state index is 1.10. The first kappa shape index (κ1) is 12.0. The first-order valence-electron chi connectivity index (χ1n) is 7.81. The van der Waals surface area contributed by atoms with Crippen molar-refractivity contribution >= 4 is 11.6 Å². The van der Waals surface area contributed by atoms with Crippen molar-refractivity contribution in [1.29, 1.82) is 0 Å². The molecule has 0 fully saturated rings. The van der Waals surface area contributed by atoms with Crippen LogP contribution in [0.3, 0.4) is 0 Å². The summed E-state index contributed by atoms with van der Waals surface area (Å²) >= 11 is 0. The zero-order chi connectivity index (χ0) is 13.5. The van der Waals surface area contributed by atoms with Gasteiger partial charge in [-0.15, -0.1) is 0 Å². The Morgan fingerprint density at radius 1 is 0.850 bits per heavy atom. The summed E-state index contributed by atoms with van der Waals surface area (Å²) in [7, 11) is 0. The van der Waals surface area contributed by atoms with Crippen LogP contribution in [0.5, 0.6) is 0 Å². The van der Waals surface area contributed by atoms with E-state index >= 15 is 0 Å². The highest BCUT2D eigenvalue weighted by Crippen LogP contribution is 2.22. The van der Waals surface area contributed by atoms with Crippen molar-refractivity contribution in [2.45, 2.75) is 39.0 Å². The van der Waals surface area contributed by atoms with Crippen molar-refractivity contribution < 1.29 is 0 Å². The van der Waals surface area contributed by atoms with E-state index in [2.05, 4.69) is 49.4 Å². The van der Waals surface area contributed by atoms with Crippen LogP contribution in [0.4, 0.5) is 0 Å². The quantitative estimate of drug-likeness (QED) is 0.738. The maximum atomic E-state index is 2.40. The molecule has 2 aliphatic rings. The molecule has 0 saturated heterocycles. The van der Waals surface area contributed by atoms with Gasteiger partial charge in [0.1, 0.15) is 0 Å². The minimum Gasteiger partial charge on any atom is -0.0722 e. The third kappa shape index (κ3) is 1.67. The van der Waals surface area contributed by atoms with Crippen molar-refractivity contribution in [2.75, 3.05) is 0 Å². The van der Waals surface area contributed by atoms with Crippen LogP contribution in [0.15, 0.2) is 36.4 Å². The Hall–Kier alpha value is -1.82. The summed E-state index contributed by atoms with van der Waals surface area (Å²) in [6.07, 6.45) is 8.59. The van der Waals surface area contributed by atoms with Gasteiger partial charge in [0.05, 0.1) is 0 Å². The summed E-state index contributed by atoms with van der Waals surface area (Å²) in [6.45, 7) is 2.30. The molecule has 0 atom stereocenters. The fraction of sp³-hybridized carbons (Fsp3) is 0.300. The van der Waals surface area contributed by atoms with Gasteiger partial charge in [-0.3, -0.25) is 0 Å². The lowest BCUT2D eigenvalue weighted by Crippen LogP contribution is -2.22. The molecule has 0 amide bonds. The maximum Gasteiger partial charge on any atom is -0.00791 e. The van der Waals surface area contributed by atoms with Crippen LogP contribution in [0, 0.1) is 10.4 Å². The average Bonchev–Trinajstić information content (AvgIpc) is 2.53. The van der Waals surface area contributed by atoms with Crippen molar-refractivity contribution in [3.8, 4) is 0 Å². The van der Waals surface area contributed by atoms with E-state index in [9.17, 15) is 0 Å². The topological polar surface area (TPSA) is 0 Å². The van der Waals surface area contributed by atoms with Crippen molar-refractivity contribution in [3.63, 3.8) is 0 Å². The van der Waals surface area contributed by atoms with Gasteiger partial charge in [-0.05, 0) is 64.1 Å². The Bertz CT molecular complexity index is 885. The molecule has 20 heavy (non-hydrogen) atoms. The molecular formula is C20H20. The van der Waals surface area contributed by atoms with Crippen molar-refractivity contribution in [3.05, 3.63) is 68.4 Å². The Kier molecular flexibility index (Phi) is 2.77. The minimum absolute atomic E-state index is 1.10. The van der Waals surface area contributed by atoms with Gasteiger partial charge < -0.3 is 0 Å². The summed E-state index contributed by atoms with van der Waals surface area (Å²) < 4.78 is 0. The summed E-state index contributed by atoms with van der Waals surface area (Å²) in [5.74, 6) is 0. The standard InChI is InChI=1S/C20H20/c1-2-14-7-5-9-18-17(14)12-13-19-16-8-4-3-6-15(16)10-11-20(18)19/h3-4,6,8,10,12-13H,2,5,7,9,11H2,1H3. The van der Waals surface area contributed by atoms with Crippen LogP contribution in [0.2, 0.25) is 0 Å². The van der Waals surface area contributed by atoms with Gasteiger partial charge in [0.25, 0.3) is 0 Å². The molecule has 0 radical (unpaired) electrons. The first-order chi connectivity index (χ1) is 9.88. The van der Waals surface area contributed by atoms with E-state index in [4.69, 9.17) is 0 Å². The van der Waals surface area contributed by atoms with Crippen LogP contribution in [-0.2, 0) is 12.8 Å². The lowest BCUT2D eigenvalue weighted by Gasteiger charge is -2.20. The average molecular weight is 260 g/mol. The van der Waals surface area contributed by atoms with Crippen LogP contribution < -0.4 is 10.4 Å².